The van der Waals surface area contributed by atoms with Crippen molar-refractivity contribution in [2.24, 2.45) is 0 Å². The van der Waals surface area contributed by atoms with E-state index in [1.54, 1.807) is 0 Å². The Bertz CT molecular complexity index is 214. The highest BCUT2D eigenvalue weighted by Gasteiger charge is 2.59. The van der Waals surface area contributed by atoms with E-state index in [9.17, 15) is 5.11 Å². The molecule has 1 aliphatic carbocycles. The van der Waals surface area contributed by atoms with Crippen molar-refractivity contribution in [2.45, 2.75) is 37.1 Å². The van der Waals surface area contributed by atoms with E-state index in [2.05, 4.69) is 6.58 Å². The Labute approximate surface area is 71.7 Å². The summed E-state index contributed by atoms with van der Waals surface area (Å²) in [5, 5.41) is 18.3. The van der Waals surface area contributed by atoms with Crippen LogP contribution in [0.1, 0.15) is 19.3 Å². The zero-order chi connectivity index (χ0) is 8.77. The average Bonchev–Trinajstić information content (AvgIpc) is 2.73. The maximum absolute atomic E-state index is 9.41. The van der Waals surface area contributed by atoms with Gasteiger partial charge in [-0.2, -0.15) is 0 Å². The van der Waals surface area contributed by atoms with Crippen LogP contribution in [0.5, 0.6) is 0 Å². The summed E-state index contributed by atoms with van der Waals surface area (Å²) in [5.41, 5.74) is 0.665. The van der Waals surface area contributed by atoms with Crippen LogP contribution in [-0.4, -0.2) is 34.6 Å². The highest BCUT2D eigenvalue weighted by molar-refractivity contribution is 5.27. The van der Waals surface area contributed by atoms with E-state index in [4.69, 9.17) is 9.84 Å². The number of hydrogen-bond donors (Lipinski definition) is 2. The van der Waals surface area contributed by atoms with Crippen molar-refractivity contribution in [1.29, 1.82) is 0 Å². The fraction of sp³-hybridized carbons (Fsp3) is 0.778. The van der Waals surface area contributed by atoms with Gasteiger partial charge in [-0.15, -0.1) is 0 Å². The van der Waals surface area contributed by atoms with Gasteiger partial charge in [-0.05, 0) is 18.4 Å². The fourth-order valence-electron chi connectivity index (χ4n) is 2.04. The van der Waals surface area contributed by atoms with Gasteiger partial charge in [0, 0.05) is 6.42 Å². The van der Waals surface area contributed by atoms with Gasteiger partial charge in [-0.25, -0.2) is 0 Å². The fourth-order valence-corrected chi connectivity index (χ4v) is 2.04. The van der Waals surface area contributed by atoms with Gasteiger partial charge in [0.25, 0.3) is 0 Å². The van der Waals surface area contributed by atoms with Gasteiger partial charge in [0.05, 0.1) is 12.7 Å². The molecule has 1 saturated carbocycles. The molecule has 2 fully saturated rings. The smallest absolute Gasteiger partial charge is 0.120 e. The summed E-state index contributed by atoms with van der Waals surface area (Å²) in [4.78, 5) is 0. The standard InChI is InChI=1S/C9H14O3/c1-6-2-3-7(11)4-9(6)8(5-10)12-9/h7-8,10-11H,1-5H2/t7-,8+,9-/m0/s1. The topological polar surface area (TPSA) is 53.0 Å². The van der Waals surface area contributed by atoms with E-state index >= 15 is 0 Å². The molecule has 2 N–H and O–H groups in total. The number of aliphatic hydroxyl groups is 2. The lowest BCUT2D eigenvalue weighted by atomic mass is 9.81. The summed E-state index contributed by atoms with van der Waals surface area (Å²) in [6, 6.07) is 0. The predicted octanol–water partition coefficient (Wildman–Crippen LogP) is 0.217. The molecule has 3 atom stereocenters. The summed E-state index contributed by atoms with van der Waals surface area (Å²) in [6.45, 7) is 3.95. The van der Waals surface area contributed by atoms with Crippen molar-refractivity contribution in [3.63, 3.8) is 0 Å². The molecule has 0 radical (unpaired) electrons. The van der Waals surface area contributed by atoms with E-state index in [1.165, 1.54) is 0 Å². The molecule has 68 valence electrons. The van der Waals surface area contributed by atoms with Gasteiger partial charge < -0.3 is 14.9 Å². The number of hydrogen-bond acceptors (Lipinski definition) is 3. The van der Waals surface area contributed by atoms with Gasteiger partial charge in [0.2, 0.25) is 0 Å². The molecule has 2 rings (SSSR count). The maximum Gasteiger partial charge on any atom is 0.120 e. The summed E-state index contributed by atoms with van der Waals surface area (Å²) in [7, 11) is 0. The molecule has 1 aliphatic heterocycles. The quantitative estimate of drug-likeness (QED) is 0.437. The monoisotopic (exact) mass is 170 g/mol. The zero-order valence-corrected chi connectivity index (χ0v) is 6.99. The third-order valence-electron chi connectivity index (χ3n) is 2.90. The van der Waals surface area contributed by atoms with Crippen molar-refractivity contribution in [3.05, 3.63) is 12.2 Å². The molecule has 0 bridgehead atoms. The van der Waals surface area contributed by atoms with Crippen LogP contribution in [0.15, 0.2) is 12.2 Å². The molecule has 1 saturated heterocycles. The lowest BCUT2D eigenvalue weighted by molar-refractivity contribution is 0.107. The van der Waals surface area contributed by atoms with Crippen LogP contribution in [0.25, 0.3) is 0 Å². The molecule has 0 amide bonds. The Hall–Kier alpha value is -0.380. The number of ether oxygens (including phenoxy) is 1. The van der Waals surface area contributed by atoms with Crippen LogP contribution < -0.4 is 0 Å². The van der Waals surface area contributed by atoms with Crippen molar-refractivity contribution in [1.82, 2.24) is 0 Å². The molecule has 1 heterocycles. The Kier molecular flexibility index (Phi) is 1.75. The second-order valence-electron chi connectivity index (χ2n) is 3.68. The van der Waals surface area contributed by atoms with E-state index in [1.807, 2.05) is 0 Å². The first-order valence-corrected chi connectivity index (χ1v) is 4.34. The minimum absolute atomic E-state index is 0.0335. The van der Waals surface area contributed by atoms with E-state index < -0.39 is 0 Å². The number of epoxide rings is 1. The first kappa shape index (κ1) is 8.23. The van der Waals surface area contributed by atoms with Gasteiger partial charge in [0.15, 0.2) is 0 Å². The Balaban J connectivity index is 2.09. The Morgan fingerprint density at radius 3 is 3.00 bits per heavy atom. The molecule has 3 heteroatoms. The van der Waals surface area contributed by atoms with Crippen molar-refractivity contribution >= 4 is 0 Å². The van der Waals surface area contributed by atoms with Crippen LogP contribution in [0.4, 0.5) is 0 Å². The van der Waals surface area contributed by atoms with Gasteiger partial charge in [-0.3, -0.25) is 0 Å². The first-order chi connectivity index (χ1) is 5.69. The Morgan fingerprint density at radius 2 is 2.42 bits per heavy atom. The SMILES string of the molecule is C=C1CC[C@H](O)C[C@]12O[C@@H]2CO. The molecule has 0 unspecified atom stereocenters. The van der Waals surface area contributed by atoms with E-state index in [-0.39, 0.29) is 24.4 Å². The van der Waals surface area contributed by atoms with Crippen LogP contribution in [0, 0.1) is 0 Å². The molecular weight excluding hydrogens is 156 g/mol. The maximum atomic E-state index is 9.41. The minimum Gasteiger partial charge on any atom is -0.394 e. The minimum atomic E-state index is -0.369. The number of aliphatic hydroxyl groups excluding tert-OH is 2. The highest BCUT2D eigenvalue weighted by Crippen LogP contribution is 2.50. The largest absolute Gasteiger partial charge is 0.394 e. The zero-order valence-electron chi connectivity index (χ0n) is 6.99. The summed E-state index contributed by atoms with van der Waals surface area (Å²) >= 11 is 0. The predicted molar refractivity (Wildman–Crippen MR) is 43.7 cm³/mol. The molecule has 12 heavy (non-hydrogen) atoms. The Morgan fingerprint density at radius 1 is 1.67 bits per heavy atom. The lowest BCUT2D eigenvalue weighted by Crippen LogP contribution is -2.31. The summed E-state index contributed by atoms with van der Waals surface area (Å²) in [5.74, 6) is 0. The third kappa shape index (κ3) is 1.01. The van der Waals surface area contributed by atoms with E-state index in [0.717, 1.165) is 18.4 Å². The van der Waals surface area contributed by atoms with Crippen LogP contribution >= 0.6 is 0 Å². The normalized spacial score (nSPS) is 46.7. The molecular formula is C9H14O3. The van der Waals surface area contributed by atoms with E-state index in [0.29, 0.717) is 6.42 Å². The first-order valence-electron chi connectivity index (χ1n) is 4.34. The molecule has 2 aliphatic rings. The molecule has 3 nitrogen and oxygen atoms in total. The van der Waals surface area contributed by atoms with Gasteiger partial charge in [-0.1, -0.05) is 6.58 Å². The van der Waals surface area contributed by atoms with Crippen LogP contribution in [0.2, 0.25) is 0 Å². The van der Waals surface area contributed by atoms with Gasteiger partial charge in [0.1, 0.15) is 11.7 Å². The molecule has 1 spiro atoms. The molecule has 0 aromatic heterocycles. The number of rotatable bonds is 1. The van der Waals surface area contributed by atoms with Crippen LogP contribution in [0.3, 0.4) is 0 Å². The third-order valence-corrected chi connectivity index (χ3v) is 2.90. The highest BCUT2D eigenvalue weighted by atomic mass is 16.6. The lowest BCUT2D eigenvalue weighted by Gasteiger charge is -2.25. The van der Waals surface area contributed by atoms with Crippen molar-refractivity contribution in [2.75, 3.05) is 6.61 Å². The summed E-state index contributed by atoms with van der Waals surface area (Å²) < 4.78 is 5.37. The van der Waals surface area contributed by atoms with Crippen molar-refractivity contribution in [3.8, 4) is 0 Å². The average molecular weight is 170 g/mol. The van der Waals surface area contributed by atoms with Gasteiger partial charge >= 0.3 is 0 Å². The second kappa shape index (κ2) is 2.55. The van der Waals surface area contributed by atoms with Crippen molar-refractivity contribution < 1.29 is 14.9 Å². The molecule has 0 aromatic carbocycles. The second-order valence-corrected chi connectivity index (χ2v) is 3.68. The summed E-state index contributed by atoms with van der Waals surface area (Å²) in [6.07, 6.45) is 1.81. The molecule has 0 aromatic rings. The van der Waals surface area contributed by atoms with Crippen LogP contribution in [-0.2, 0) is 4.74 Å².